The highest BCUT2D eigenvalue weighted by molar-refractivity contribution is 9.09. The number of nitrogens with zero attached hydrogens (tertiary/aromatic N) is 1. The second-order valence-electron chi connectivity index (χ2n) is 5.67. The number of alkyl halides is 1. The molecule has 3 nitrogen and oxygen atoms in total. The lowest BCUT2D eigenvalue weighted by Crippen LogP contribution is -2.44. The highest BCUT2D eigenvalue weighted by Gasteiger charge is 2.28. The molecule has 0 aromatic rings. The van der Waals surface area contributed by atoms with Crippen molar-refractivity contribution in [2.24, 2.45) is 11.3 Å². The van der Waals surface area contributed by atoms with Gasteiger partial charge in [0.25, 0.3) is 0 Å². The molecule has 1 fully saturated rings. The van der Waals surface area contributed by atoms with E-state index in [0.717, 1.165) is 11.9 Å². The quantitative estimate of drug-likeness (QED) is 0.746. The molecule has 0 radical (unpaired) electrons. The summed E-state index contributed by atoms with van der Waals surface area (Å²) < 4.78 is 22.6. The van der Waals surface area contributed by atoms with Crippen molar-refractivity contribution in [3.63, 3.8) is 0 Å². The van der Waals surface area contributed by atoms with Crippen molar-refractivity contribution in [2.75, 3.05) is 36.5 Å². The Morgan fingerprint density at radius 3 is 2.12 bits per heavy atom. The normalized spacial score (nSPS) is 24.2. The molecule has 0 N–H and O–H groups in total. The molecule has 1 aliphatic heterocycles. The fraction of sp³-hybridized carbons (Fsp3) is 1.00. The summed E-state index contributed by atoms with van der Waals surface area (Å²) in [5.74, 6) is 1.21. The molecule has 0 aliphatic carbocycles. The Labute approximate surface area is 108 Å². The predicted octanol–water partition coefficient (Wildman–Crippen LogP) is 1.77. The molecule has 1 rings (SSSR count). The molecule has 0 saturated carbocycles. The van der Waals surface area contributed by atoms with E-state index in [-0.39, 0.29) is 5.41 Å². The Morgan fingerprint density at radius 2 is 1.75 bits per heavy atom. The van der Waals surface area contributed by atoms with Crippen LogP contribution in [0.25, 0.3) is 0 Å². The van der Waals surface area contributed by atoms with E-state index in [1.54, 1.807) is 0 Å². The van der Waals surface area contributed by atoms with E-state index in [1.807, 2.05) is 0 Å². The summed E-state index contributed by atoms with van der Waals surface area (Å²) >= 11 is 3.56. The van der Waals surface area contributed by atoms with E-state index in [1.165, 1.54) is 0 Å². The van der Waals surface area contributed by atoms with Gasteiger partial charge in [-0.2, -0.15) is 0 Å². The van der Waals surface area contributed by atoms with Crippen LogP contribution >= 0.6 is 15.9 Å². The van der Waals surface area contributed by atoms with Gasteiger partial charge >= 0.3 is 0 Å². The maximum atomic E-state index is 11.3. The lowest BCUT2D eigenvalue weighted by molar-refractivity contribution is 0.174. The van der Waals surface area contributed by atoms with Crippen molar-refractivity contribution in [3.8, 4) is 0 Å². The molecular formula is C11H22BrNO2S. The zero-order valence-electron chi connectivity index (χ0n) is 10.4. The lowest BCUT2D eigenvalue weighted by atomic mass is 9.82. The van der Waals surface area contributed by atoms with Gasteiger partial charge in [-0.1, -0.05) is 36.7 Å². The number of rotatable bonds is 3. The molecule has 96 valence electrons. The largest absolute Gasteiger partial charge is 0.301 e. The minimum Gasteiger partial charge on any atom is -0.301 e. The number of hydrogen-bond donors (Lipinski definition) is 0. The lowest BCUT2D eigenvalue weighted by Gasteiger charge is -2.35. The van der Waals surface area contributed by atoms with Gasteiger partial charge in [0.1, 0.15) is 0 Å². The van der Waals surface area contributed by atoms with Crippen LogP contribution in [0.3, 0.4) is 0 Å². The molecule has 0 spiro atoms. The molecule has 5 heteroatoms. The standard InChI is InChI=1S/C11H22BrNO2S/c1-11(2,3)10(8-12)9-13-4-6-16(14,15)7-5-13/h10H,4-9H2,1-3H3. The number of hydrogen-bond acceptors (Lipinski definition) is 3. The Bertz CT molecular complexity index is 307. The van der Waals surface area contributed by atoms with Crippen molar-refractivity contribution in [1.29, 1.82) is 0 Å². The molecule has 0 aromatic carbocycles. The molecular weight excluding hydrogens is 290 g/mol. The van der Waals surface area contributed by atoms with Crippen LogP contribution in [0, 0.1) is 11.3 Å². The second-order valence-corrected chi connectivity index (χ2v) is 8.62. The summed E-state index contributed by atoms with van der Waals surface area (Å²) in [4.78, 5) is 2.28. The van der Waals surface area contributed by atoms with Crippen molar-refractivity contribution in [2.45, 2.75) is 20.8 Å². The monoisotopic (exact) mass is 311 g/mol. The van der Waals surface area contributed by atoms with Crippen molar-refractivity contribution in [1.82, 2.24) is 4.90 Å². The van der Waals surface area contributed by atoms with Gasteiger partial charge in [0, 0.05) is 25.0 Å². The third-order valence-corrected chi connectivity index (χ3v) is 5.72. The fourth-order valence-corrected chi connectivity index (χ4v) is 4.25. The van der Waals surface area contributed by atoms with Gasteiger partial charge in [0.05, 0.1) is 11.5 Å². The Morgan fingerprint density at radius 1 is 1.25 bits per heavy atom. The summed E-state index contributed by atoms with van der Waals surface area (Å²) in [7, 11) is -2.75. The molecule has 1 aliphatic rings. The molecule has 1 heterocycles. The van der Waals surface area contributed by atoms with E-state index in [9.17, 15) is 8.42 Å². The molecule has 0 bridgehead atoms. The molecule has 1 saturated heterocycles. The first-order chi connectivity index (χ1) is 7.24. The van der Waals surface area contributed by atoms with Crippen LogP contribution in [0.5, 0.6) is 0 Å². The van der Waals surface area contributed by atoms with Crippen LogP contribution in [0.1, 0.15) is 20.8 Å². The smallest absolute Gasteiger partial charge is 0.152 e. The van der Waals surface area contributed by atoms with Crippen LogP contribution in [0.4, 0.5) is 0 Å². The third-order valence-electron chi connectivity index (χ3n) is 3.33. The highest BCUT2D eigenvalue weighted by atomic mass is 79.9. The summed E-state index contributed by atoms with van der Waals surface area (Å²) in [5.41, 5.74) is 0.264. The fourth-order valence-electron chi connectivity index (χ4n) is 1.80. The van der Waals surface area contributed by atoms with Crippen molar-refractivity contribution < 1.29 is 8.42 Å². The zero-order valence-corrected chi connectivity index (χ0v) is 12.8. The Balaban J connectivity index is 2.50. The van der Waals surface area contributed by atoms with Gasteiger partial charge in [0.2, 0.25) is 0 Å². The van der Waals surface area contributed by atoms with Crippen molar-refractivity contribution in [3.05, 3.63) is 0 Å². The van der Waals surface area contributed by atoms with E-state index >= 15 is 0 Å². The molecule has 1 atom stereocenters. The van der Waals surface area contributed by atoms with Gasteiger partial charge in [0.15, 0.2) is 9.84 Å². The Hall–Kier alpha value is 0.390. The first-order valence-corrected chi connectivity index (χ1v) is 8.67. The van der Waals surface area contributed by atoms with Crippen LogP contribution in [0.15, 0.2) is 0 Å². The maximum Gasteiger partial charge on any atom is 0.152 e. The van der Waals surface area contributed by atoms with Gasteiger partial charge in [-0.15, -0.1) is 0 Å². The van der Waals surface area contributed by atoms with Gasteiger partial charge < -0.3 is 4.90 Å². The number of halogens is 1. The maximum absolute atomic E-state index is 11.3. The molecule has 0 amide bonds. The van der Waals surface area contributed by atoms with Gasteiger partial charge in [-0.3, -0.25) is 0 Å². The average Bonchev–Trinajstić information content (AvgIpc) is 2.14. The first kappa shape index (κ1) is 14.5. The summed E-state index contributed by atoms with van der Waals surface area (Å²) in [5, 5.41) is 0.972. The summed E-state index contributed by atoms with van der Waals surface area (Å²) in [6, 6.07) is 0. The SMILES string of the molecule is CC(C)(C)C(CBr)CN1CCS(=O)(=O)CC1. The topological polar surface area (TPSA) is 37.4 Å². The zero-order chi connectivity index (χ0) is 12.4. The molecule has 16 heavy (non-hydrogen) atoms. The van der Waals surface area contributed by atoms with Crippen LogP contribution in [-0.4, -0.2) is 49.8 Å². The van der Waals surface area contributed by atoms with E-state index < -0.39 is 9.84 Å². The van der Waals surface area contributed by atoms with Gasteiger partial charge in [-0.25, -0.2) is 8.42 Å². The molecule has 1 unspecified atom stereocenters. The van der Waals surface area contributed by atoms with E-state index in [0.29, 0.717) is 30.5 Å². The molecule has 0 aromatic heterocycles. The first-order valence-electron chi connectivity index (χ1n) is 5.73. The van der Waals surface area contributed by atoms with Crippen molar-refractivity contribution >= 4 is 25.8 Å². The Kier molecular flexibility index (Phi) is 4.84. The van der Waals surface area contributed by atoms with Crippen LogP contribution < -0.4 is 0 Å². The minimum atomic E-state index is -2.75. The summed E-state index contributed by atoms with van der Waals surface area (Å²) in [6.07, 6.45) is 0. The number of sulfone groups is 1. The van der Waals surface area contributed by atoms with Gasteiger partial charge in [-0.05, 0) is 11.3 Å². The van der Waals surface area contributed by atoms with Crippen LogP contribution in [0.2, 0.25) is 0 Å². The predicted molar refractivity (Wildman–Crippen MR) is 71.8 cm³/mol. The minimum absolute atomic E-state index is 0.264. The van der Waals surface area contributed by atoms with E-state index in [4.69, 9.17) is 0 Å². The average molecular weight is 312 g/mol. The summed E-state index contributed by atoms with van der Waals surface area (Å²) in [6.45, 7) is 9.09. The third kappa shape index (κ3) is 4.34. The second kappa shape index (κ2) is 5.36. The highest BCUT2D eigenvalue weighted by Crippen LogP contribution is 2.28. The van der Waals surface area contributed by atoms with Crippen LogP contribution in [-0.2, 0) is 9.84 Å². The van der Waals surface area contributed by atoms with E-state index in [2.05, 4.69) is 41.6 Å².